The molecular weight excluding hydrogens is 426 g/mol. The van der Waals surface area contributed by atoms with E-state index in [9.17, 15) is 8.78 Å². The van der Waals surface area contributed by atoms with E-state index in [1.165, 1.54) is 68.7 Å². The van der Waals surface area contributed by atoms with E-state index in [2.05, 4.69) is 43.2 Å². The highest BCUT2D eigenvalue weighted by Gasteiger charge is 2.35. The maximum atomic E-state index is 14.3. The van der Waals surface area contributed by atoms with Crippen molar-refractivity contribution in [2.75, 3.05) is 6.61 Å². The Hall–Kier alpha value is -2.86. The van der Waals surface area contributed by atoms with Gasteiger partial charge in [-0.2, -0.15) is 4.39 Å². The van der Waals surface area contributed by atoms with E-state index < -0.39 is 11.6 Å². The Bertz CT molecular complexity index is 1060. The van der Waals surface area contributed by atoms with Crippen LogP contribution < -0.4 is 4.74 Å². The first-order valence-corrected chi connectivity index (χ1v) is 12.5. The van der Waals surface area contributed by atoms with Crippen molar-refractivity contribution in [2.24, 2.45) is 17.8 Å². The second kappa shape index (κ2) is 11.5. The molecule has 178 valence electrons. The zero-order valence-electron chi connectivity index (χ0n) is 19.9. The van der Waals surface area contributed by atoms with Gasteiger partial charge in [0, 0.05) is 5.56 Å². The summed E-state index contributed by atoms with van der Waals surface area (Å²) in [6.07, 6.45) is 14.0. The minimum absolute atomic E-state index is 0.0227. The highest BCUT2D eigenvalue weighted by molar-refractivity contribution is 5.46. The molecule has 2 fully saturated rings. The molecule has 3 heteroatoms. The minimum Gasteiger partial charge on any atom is -0.486 e. The fourth-order valence-corrected chi connectivity index (χ4v) is 5.77. The summed E-state index contributed by atoms with van der Waals surface area (Å²) in [5, 5.41) is 0. The molecule has 0 saturated heterocycles. The molecule has 0 heterocycles. The molecule has 4 unspecified atom stereocenters. The Labute approximate surface area is 202 Å². The maximum absolute atomic E-state index is 14.3. The molecule has 0 N–H and O–H groups in total. The van der Waals surface area contributed by atoms with Crippen molar-refractivity contribution in [1.82, 2.24) is 0 Å². The Morgan fingerprint density at radius 3 is 2.38 bits per heavy atom. The number of fused-ring (bicyclic) bond motifs is 1. The van der Waals surface area contributed by atoms with Crippen LogP contribution in [0.25, 0.3) is 0 Å². The third-order valence-electron chi connectivity index (χ3n) is 7.63. The van der Waals surface area contributed by atoms with E-state index in [0.717, 1.165) is 29.7 Å². The van der Waals surface area contributed by atoms with Gasteiger partial charge in [-0.05, 0) is 98.4 Å². The lowest BCUT2D eigenvalue weighted by atomic mass is 9.63. The van der Waals surface area contributed by atoms with Gasteiger partial charge in [0.15, 0.2) is 11.6 Å². The lowest BCUT2D eigenvalue weighted by Crippen LogP contribution is -2.30. The van der Waals surface area contributed by atoms with Crippen LogP contribution in [0.4, 0.5) is 8.78 Å². The molecule has 0 aliphatic heterocycles. The van der Waals surface area contributed by atoms with Crippen molar-refractivity contribution in [3.8, 4) is 17.6 Å². The maximum Gasteiger partial charge on any atom is 0.201 e. The second-order valence-electron chi connectivity index (χ2n) is 9.79. The normalized spacial score (nSPS) is 23.8. The fourth-order valence-electron chi connectivity index (χ4n) is 5.77. The van der Waals surface area contributed by atoms with Gasteiger partial charge in [0.2, 0.25) is 5.82 Å². The second-order valence-corrected chi connectivity index (χ2v) is 9.79. The first-order chi connectivity index (χ1) is 16.6. The van der Waals surface area contributed by atoms with E-state index >= 15 is 0 Å². The van der Waals surface area contributed by atoms with Crippen molar-refractivity contribution < 1.29 is 13.5 Å². The predicted octanol–water partition coefficient (Wildman–Crippen LogP) is 8.20. The molecule has 0 spiro atoms. The van der Waals surface area contributed by atoms with Gasteiger partial charge in [0.05, 0.1) is 5.56 Å². The SMILES string of the molecule is C=CCCC1CCC2CC(c3ccc(C#Cc4ccc(OCC=C)c(F)c4F)cc3)CCC2C1. The monoisotopic (exact) mass is 460 g/mol. The molecule has 34 heavy (non-hydrogen) atoms. The molecule has 2 aromatic rings. The zero-order valence-corrected chi connectivity index (χ0v) is 19.9. The van der Waals surface area contributed by atoms with Crippen LogP contribution in [0.15, 0.2) is 61.7 Å². The van der Waals surface area contributed by atoms with Crippen LogP contribution in [0.2, 0.25) is 0 Å². The third kappa shape index (κ3) is 5.79. The first-order valence-electron chi connectivity index (χ1n) is 12.5. The average molecular weight is 461 g/mol. The van der Waals surface area contributed by atoms with Gasteiger partial charge in [-0.15, -0.1) is 6.58 Å². The Morgan fingerprint density at radius 2 is 1.62 bits per heavy atom. The van der Waals surface area contributed by atoms with Crippen molar-refractivity contribution in [3.05, 3.63) is 90.0 Å². The van der Waals surface area contributed by atoms with Crippen LogP contribution in [0.1, 0.15) is 74.0 Å². The molecular formula is C31H34F2O. The topological polar surface area (TPSA) is 9.23 Å². The quantitative estimate of drug-likeness (QED) is 0.299. The predicted molar refractivity (Wildman–Crippen MR) is 135 cm³/mol. The number of hydrogen-bond acceptors (Lipinski definition) is 1. The Kier molecular flexibility index (Phi) is 8.22. The third-order valence-corrected chi connectivity index (χ3v) is 7.63. The zero-order chi connectivity index (χ0) is 23.9. The number of allylic oxidation sites excluding steroid dienone is 1. The van der Waals surface area contributed by atoms with Crippen LogP contribution >= 0.6 is 0 Å². The summed E-state index contributed by atoms with van der Waals surface area (Å²) in [7, 11) is 0. The Balaban J connectivity index is 1.37. The van der Waals surface area contributed by atoms with Gasteiger partial charge < -0.3 is 4.74 Å². The molecule has 4 atom stereocenters. The van der Waals surface area contributed by atoms with Crippen molar-refractivity contribution in [3.63, 3.8) is 0 Å². The molecule has 1 nitrogen and oxygen atoms in total. The highest BCUT2D eigenvalue weighted by atomic mass is 19.2. The van der Waals surface area contributed by atoms with Crippen LogP contribution in [-0.4, -0.2) is 6.61 Å². The summed E-state index contributed by atoms with van der Waals surface area (Å²) in [6, 6.07) is 11.2. The van der Waals surface area contributed by atoms with Gasteiger partial charge in [0.1, 0.15) is 6.61 Å². The molecule has 2 aliphatic carbocycles. The van der Waals surface area contributed by atoms with Gasteiger partial charge in [-0.25, -0.2) is 4.39 Å². The van der Waals surface area contributed by atoms with E-state index in [1.807, 2.05) is 12.1 Å². The number of ether oxygens (including phenoxy) is 1. The lowest BCUT2D eigenvalue weighted by Gasteiger charge is -2.42. The lowest BCUT2D eigenvalue weighted by molar-refractivity contribution is 0.115. The van der Waals surface area contributed by atoms with Gasteiger partial charge in [-0.1, -0.05) is 49.1 Å². The van der Waals surface area contributed by atoms with E-state index in [4.69, 9.17) is 4.74 Å². The summed E-state index contributed by atoms with van der Waals surface area (Å²) < 4.78 is 33.6. The fraction of sp³-hybridized carbons (Fsp3) is 0.419. The number of hydrogen-bond donors (Lipinski definition) is 0. The molecule has 0 radical (unpaired) electrons. The standard InChI is InChI=1S/C31H34F2O/c1-3-5-6-23-10-14-28-21-27(16-15-26(28)20-23)24-11-7-22(8-12-24)9-13-25-17-18-29(34-19-4-2)31(33)30(25)32/h3-4,7-8,11-12,17-18,23,26-28H,1-2,5-6,10,14-16,19-21H2. The summed E-state index contributed by atoms with van der Waals surface area (Å²) in [6.45, 7) is 7.50. The summed E-state index contributed by atoms with van der Waals surface area (Å²) >= 11 is 0. The molecule has 2 aromatic carbocycles. The van der Waals surface area contributed by atoms with Gasteiger partial charge in [0.25, 0.3) is 0 Å². The van der Waals surface area contributed by atoms with Crippen LogP contribution in [0.5, 0.6) is 5.75 Å². The molecule has 0 amide bonds. The summed E-state index contributed by atoms with van der Waals surface area (Å²) in [4.78, 5) is 0. The number of benzene rings is 2. The van der Waals surface area contributed by atoms with E-state index in [0.29, 0.717) is 5.92 Å². The highest BCUT2D eigenvalue weighted by Crippen LogP contribution is 2.48. The van der Waals surface area contributed by atoms with Crippen molar-refractivity contribution in [1.29, 1.82) is 0 Å². The van der Waals surface area contributed by atoms with Crippen LogP contribution in [0, 0.1) is 41.2 Å². The summed E-state index contributed by atoms with van der Waals surface area (Å²) in [5.41, 5.74) is 2.19. The van der Waals surface area contributed by atoms with Gasteiger partial charge in [-0.3, -0.25) is 0 Å². The van der Waals surface area contributed by atoms with Crippen molar-refractivity contribution in [2.45, 2.75) is 57.3 Å². The molecule has 2 aliphatic rings. The molecule has 2 saturated carbocycles. The van der Waals surface area contributed by atoms with E-state index in [1.54, 1.807) is 0 Å². The number of halogens is 2. The Morgan fingerprint density at radius 1 is 0.853 bits per heavy atom. The minimum atomic E-state index is -1.02. The molecule has 4 rings (SSSR count). The van der Waals surface area contributed by atoms with Gasteiger partial charge >= 0.3 is 0 Å². The average Bonchev–Trinajstić information content (AvgIpc) is 2.87. The molecule has 0 aromatic heterocycles. The summed E-state index contributed by atoms with van der Waals surface area (Å²) in [5.74, 6) is 6.85. The largest absolute Gasteiger partial charge is 0.486 e. The number of rotatable bonds is 7. The van der Waals surface area contributed by atoms with Crippen LogP contribution in [0.3, 0.4) is 0 Å². The van der Waals surface area contributed by atoms with Crippen molar-refractivity contribution >= 4 is 0 Å². The smallest absolute Gasteiger partial charge is 0.201 e. The molecule has 0 bridgehead atoms. The van der Waals surface area contributed by atoms with E-state index in [-0.39, 0.29) is 17.9 Å². The first kappa shape index (κ1) is 24.3. The van der Waals surface area contributed by atoms with Crippen LogP contribution in [-0.2, 0) is 0 Å².